The van der Waals surface area contributed by atoms with E-state index in [0.717, 1.165) is 0 Å². The third kappa shape index (κ3) is 3.78. The average Bonchev–Trinajstić information content (AvgIpc) is 2.51. The van der Waals surface area contributed by atoms with Gasteiger partial charge in [-0.25, -0.2) is 13.1 Å². The van der Waals surface area contributed by atoms with Gasteiger partial charge in [0.1, 0.15) is 0 Å². The van der Waals surface area contributed by atoms with Crippen LogP contribution in [0.4, 0.5) is 5.69 Å². The average molecular weight is 359 g/mol. The summed E-state index contributed by atoms with van der Waals surface area (Å²) in [5.41, 5.74) is 0.812. The van der Waals surface area contributed by atoms with Crippen molar-refractivity contribution in [3.05, 3.63) is 58.1 Å². The molecule has 2 rings (SSSR count). The maximum Gasteiger partial charge on any atom is 0.255 e. The van der Waals surface area contributed by atoms with Crippen LogP contribution >= 0.6 is 23.2 Å². The topological polar surface area (TPSA) is 75.3 Å². The molecule has 116 valence electrons. The van der Waals surface area contributed by atoms with Crippen LogP contribution in [0.1, 0.15) is 10.4 Å². The summed E-state index contributed by atoms with van der Waals surface area (Å²) in [6.07, 6.45) is 0. The number of benzene rings is 2. The van der Waals surface area contributed by atoms with Crippen LogP contribution in [0.15, 0.2) is 47.4 Å². The number of halogens is 2. The van der Waals surface area contributed by atoms with E-state index in [0.29, 0.717) is 21.3 Å². The van der Waals surface area contributed by atoms with Gasteiger partial charge in [0, 0.05) is 11.3 Å². The molecule has 0 fully saturated rings. The minimum Gasteiger partial charge on any atom is -0.322 e. The van der Waals surface area contributed by atoms with Crippen molar-refractivity contribution in [3.63, 3.8) is 0 Å². The minimum atomic E-state index is -3.52. The molecule has 8 heteroatoms. The number of nitrogens with one attached hydrogen (secondary N) is 2. The van der Waals surface area contributed by atoms with Crippen molar-refractivity contribution < 1.29 is 13.2 Å². The van der Waals surface area contributed by atoms with Crippen LogP contribution in [0.25, 0.3) is 0 Å². The summed E-state index contributed by atoms with van der Waals surface area (Å²) in [6, 6.07) is 10.3. The van der Waals surface area contributed by atoms with Gasteiger partial charge < -0.3 is 5.32 Å². The number of carbonyl (C=O) groups is 1. The summed E-state index contributed by atoms with van der Waals surface area (Å²) in [5, 5.41) is 3.37. The van der Waals surface area contributed by atoms with Gasteiger partial charge in [-0.3, -0.25) is 4.79 Å². The largest absolute Gasteiger partial charge is 0.322 e. The highest BCUT2D eigenvalue weighted by atomic mass is 35.5. The number of hydrogen-bond donors (Lipinski definition) is 2. The fraction of sp³-hybridized carbons (Fsp3) is 0.0714. The maximum atomic E-state index is 12.1. The van der Waals surface area contributed by atoms with Crippen LogP contribution in [0.2, 0.25) is 10.0 Å². The maximum absolute atomic E-state index is 12.1. The van der Waals surface area contributed by atoms with Gasteiger partial charge in [-0.15, -0.1) is 0 Å². The molecule has 0 aliphatic rings. The summed E-state index contributed by atoms with van der Waals surface area (Å²) in [4.78, 5) is 12.2. The predicted octanol–water partition coefficient (Wildman–Crippen LogP) is 3.15. The fourth-order valence-electron chi connectivity index (χ4n) is 1.68. The van der Waals surface area contributed by atoms with Crippen LogP contribution in [0, 0.1) is 0 Å². The fourth-order valence-corrected chi connectivity index (χ4v) is 2.71. The second-order valence-electron chi connectivity index (χ2n) is 4.31. The van der Waals surface area contributed by atoms with E-state index >= 15 is 0 Å². The number of rotatable bonds is 4. The van der Waals surface area contributed by atoms with Gasteiger partial charge in [0.2, 0.25) is 10.0 Å². The Bertz CT molecular complexity index is 805. The summed E-state index contributed by atoms with van der Waals surface area (Å²) in [7, 11) is -2.20. The SMILES string of the molecule is CNS(=O)(=O)c1ccc(C(=O)Nc2ccc(Cl)c(Cl)c2)cc1. The van der Waals surface area contributed by atoms with Crippen molar-refractivity contribution in [1.82, 2.24) is 4.72 Å². The zero-order valence-corrected chi connectivity index (χ0v) is 13.8. The molecule has 0 atom stereocenters. The molecular weight excluding hydrogens is 347 g/mol. The molecule has 0 heterocycles. The van der Waals surface area contributed by atoms with Crippen molar-refractivity contribution in [1.29, 1.82) is 0 Å². The number of amides is 1. The zero-order chi connectivity index (χ0) is 16.3. The summed E-state index contributed by atoms with van der Waals surface area (Å²) in [6.45, 7) is 0. The molecule has 0 bridgehead atoms. The van der Waals surface area contributed by atoms with Gasteiger partial charge >= 0.3 is 0 Å². The smallest absolute Gasteiger partial charge is 0.255 e. The molecule has 2 aromatic carbocycles. The summed E-state index contributed by atoms with van der Waals surface area (Å²) < 4.78 is 25.4. The van der Waals surface area contributed by atoms with Gasteiger partial charge in [-0.2, -0.15) is 0 Å². The van der Waals surface area contributed by atoms with Crippen molar-refractivity contribution in [2.24, 2.45) is 0 Å². The van der Waals surface area contributed by atoms with E-state index in [4.69, 9.17) is 23.2 Å². The van der Waals surface area contributed by atoms with E-state index in [2.05, 4.69) is 10.0 Å². The van der Waals surface area contributed by atoms with E-state index in [1.165, 1.54) is 37.4 Å². The molecule has 0 radical (unpaired) electrons. The lowest BCUT2D eigenvalue weighted by Crippen LogP contribution is -2.19. The molecule has 0 saturated carbocycles. The molecule has 0 aliphatic carbocycles. The van der Waals surface area contributed by atoms with Gasteiger partial charge in [-0.1, -0.05) is 23.2 Å². The number of sulfonamides is 1. The van der Waals surface area contributed by atoms with Gasteiger partial charge in [0.05, 0.1) is 14.9 Å². The Morgan fingerprint density at radius 1 is 1.00 bits per heavy atom. The van der Waals surface area contributed by atoms with Crippen LogP contribution in [-0.2, 0) is 10.0 Å². The highest BCUT2D eigenvalue weighted by molar-refractivity contribution is 7.89. The Morgan fingerprint density at radius 2 is 1.64 bits per heavy atom. The van der Waals surface area contributed by atoms with Gasteiger partial charge in [0.15, 0.2) is 0 Å². The molecular formula is C14H12Cl2N2O3S. The zero-order valence-electron chi connectivity index (χ0n) is 11.4. The van der Waals surface area contributed by atoms with Crippen LogP contribution in [0.3, 0.4) is 0 Å². The third-order valence-corrected chi connectivity index (χ3v) is 5.04. The second kappa shape index (κ2) is 6.66. The predicted molar refractivity (Wildman–Crippen MR) is 87.1 cm³/mol. The first-order chi connectivity index (χ1) is 10.3. The lowest BCUT2D eigenvalue weighted by atomic mass is 10.2. The lowest BCUT2D eigenvalue weighted by Gasteiger charge is -2.07. The number of carbonyl (C=O) groups excluding carboxylic acids is 1. The van der Waals surface area contributed by atoms with Gasteiger partial charge in [0.25, 0.3) is 5.91 Å². The molecule has 0 saturated heterocycles. The normalized spacial score (nSPS) is 11.2. The Kier molecular flexibility index (Phi) is 5.08. The Morgan fingerprint density at radius 3 is 2.18 bits per heavy atom. The molecule has 2 aromatic rings. The standard InChI is InChI=1S/C14H12Cl2N2O3S/c1-17-22(20,21)11-5-2-9(3-6-11)14(19)18-10-4-7-12(15)13(16)8-10/h2-8,17H,1H3,(H,18,19). The van der Waals surface area contributed by atoms with Crippen molar-refractivity contribution in [2.75, 3.05) is 12.4 Å². The van der Waals surface area contributed by atoms with Crippen molar-refractivity contribution in [3.8, 4) is 0 Å². The minimum absolute atomic E-state index is 0.0843. The van der Waals surface area contributed by atoms with E-state index < -0.39 is 10.0 Å². The van der Waals surface area contributed by atoms with E-state index in [-0.39, 0.29) is 10.8 Å². The first kappa shape index (κ1) is 16.8. The molecule has 0 unspecified atom stereocenters. The molecule has 2 N–H and O–H groups in total. The highest BCUT2D eigenvalue weighted by Gasteiger charge is 2.13. The van der Waals surface area contributed by atoms with Crippen LogP contribution in [0.5, 0.6) is 0 Å². The molecule has 0 spiro atoms. The molecule has 22 heavy (non-hydrogen) atoms. The van der Waals surface area contributed by atoms with Crippen molar-refractivity contribution in [2.45, 2.75) is 4.90 Å². The Hall–Kier alpha value is -1.60. The van der Waals surface area contributed by atoms with Crippen LogP contribution in [-0.4, -0.2) is 21.4 Å². The Labute approximate surface area is 138 Å². The van der Waals surface area contributed by atoms with E-state index in [1.807, 2.05) is 0 Å². The van der Waals surface area contributed by atoms with Crippen LogP contribution < -0.4 is 10.0 Å². The molecule has 0 aromatic heterocycles. The van der Waals surface area contributed by atoms with E-state index in [9.17, 15) is 13.2 Å². The molecule has 5 nitrogen and oxygen atoms in total. The number of hydrogen-bond acceptors (Lipinski definition) is 3. The molecule has 1 amide bonds. The molecule has 0 aliphatic heterocycles. The first-order valence-electron chi connectivity index (χ1n) is 6.13. The second-order valence-corrected chi connectivity index (χ2v) is 7.02. The summed E-state index contributed by atoms with van der Waals surface area (Å²) in [5.74, 6) is -0.383. The Balaban J connectivity index is 2.18. The monoisotopic (exact) mass is 358 g/mol. The van der Waals surface area contributed by atoms with Crippen molar-refractivity contribution >= 4 is 44.8 Å². The first-order valence-corrected chi connectivity index (χ1v) is 8.37. The quantitative estimate of drug-likeness (QED) is 0.881. The lowest BCUT2D eigenvalue weighted by molar-refractivity contribution is 0.102. The van der Waals surface area contributed by atoms with Gasteiger partial charge in [-0.05, 0) is 49.5 Å². The summed E-state index contributed by atoms with van der Waals surface area (Å²) >= 11 is 11.7. The third-order valence-electron chi connectivity index (χ3n) is 2.87. The number of anilines is 1. The highest BCUT2D eigenvalue weighted by Crippen LogP contribution is 2.25. The van der Waals surface area contributed by atoms with E-state index in [1.54, 1.807) is 12.1 Å².